The van der Waals surface area contributed by atoms with E-state index in [4.69, 9.17) is 23.2 Å². The normalized spacial score (nSPS) is 17.0. The molecule has 1 unspecified atom stereocenters. The van der Waals surface area contributed by atoms with Crippen molar-refractivity contribution in [2.45, 2.75) is 83.3 Å². The predicted octanol–water partition coefficient (Wildman–Crippen LogP) is 6.01. The topological polar surface area (TPSA) is 57.4 Å². The first kappa shape index (κ1) is 28.4. The summed E-state index contributed by atoms with van der Waals surface area (Å²) in [6.07, 6.45) is 16.8. The van der Waals surface area contributed by atoms with Gasteiger partial charge in [0, 0.05) is 48.3 Å². The molecule has 0 spiro atoms. The van der Waals surface area contributed by atoms with E-state index < -0.39 is 5.60 Å². The van der Waals surface area contributed by atoms with Gasteiger partial charge >= 0.3 is 0 Å². The van der Waals surface area contributed by atoms with Crippen LogP contribution in [0.25, 0.3) is 0 Å². The van der Waals surface area contributed by atoms with Gasteiger partial charge in [0.1, 0.15) is 18.3 Å². The largest absolute Gasteiger partial charge is 0.382 e. The molecule has 0 amide bonds. The summed E-state index contributed by atoms with van der Waals surface area (Å²) in [6.45, 7) is 8.16. The van der Waals surface area contributed by atoms with Crippen LogP contribution >= 0.6 is 23.2 Å². The van der Waals surface area contributed by atoms with Crippen LogP contribution in [0.2, 0.25) is 10.0 Å². The molecule has 1 N–H and O–H groups in total. The minimum Gasteiger partial charge on any atom is -0.382 e. The molecule has 1 aromatic heterocycles. The highest BCUT2D eigenvalue weighted by Crippen LogP contribution is 2.33. The minimum absolute atomic E-state index is 0.285. The number of aliphatic hydroxyl groups is 1. The molecular weight excluding hydrogens is 481 g/mol. The van der Waals surface area contributed by atoms with Gasteiger partial charge in [-0.2, -0.15) is 5.10 Å². The Hall–Kier alpha value is -1.18. The Kier molecular flexibility index (Phi) is 12.3. The Morgan fingerprint density at radius 2 is 1.49 bits per heavy atom. The van der Waals surface area contributed by atoms with E-state index in [1.54, 1.807) is 23.1 Å². The van der Waals surface area contributed by atoms with Gasteiger partial charge in [-0.05, 0) is 25.1 Å². The van der Waals surface area contributed by atoms with Crippen molar-refractivity contribution in [1.29, 1.82) is 0 Å². The van der Waals surface area contributed by atoms with Gasteiger partial charge in [-0.1, -0.05) is 94.0 Å². The van der Waals surface area contributed by atoms with Crippen LogP contribution in [0.15, 0.2) is 30.9 Å². The van der Waals surface area contributed by atoms with Crippen molar-refractivity contribution in [2.75, 3.05) is 39.3 Å². The zero-order chi connectivity index (χ0) is 24.9. The summed E-state index contributed by atoms with van der Waals surface area (Å²) < 4.78 is 1.66. The first-order chi connectivity index (χ1) is 17.0. The smallest absolute Gasteiger partial charge is 0.137 e. The minimum atomic E-state index is -1.19. The number of unbranched alkanes of at least 4 members (excludes halogenated alkanes) is 9. The molecule has 2 heterocycles. The van der Waals surface area contributed by atoms with E-state index in [0.717, 1.165) is 26.2 Å². The lowest BCUT2D eigenvalue weighted by Crippen LogP contribution is -2.52. The maximum Gasteiger partial charge on any atom is 0.137 e. The molecule has 0 radical (unpaired) electrons. The Morgan fingerprint density at radius 3 is 2.09 bits per heavy atom. The fraction of sp³-hybridized carbons (Fsp3) is 0.704. The summed E-state index contributed by atoms with van der Waals surface area (Å²) in [7, 11) is 0. The lowest BCUT2D eigenvalue weighted by Gasteiger charge is -2.40. The molecule has 0 aliphatic carbocycles. The number of halogens is 2. The van der Waals surface area contributed by atoms with E-state index in [9.17, 15) is 5.11 Å². The van der Waals surface area contributed by atoms with Crippen LogP contribution in [-0.2, 0) is 12.1 Å². The Balaban J connectivity index is 1.40. The molecule has 196 valence electrons. The number of hydrogen-bond donors (Lipinski definition) is 1. The van der Waals surface area contributed by atoms with E-state index in [1.807, 2.05) is 6.07 Å². The lowest BCUT2D eigenvalue weighted by atomic mass is 9.92. The van der Waals surface area contributed by atoms with Crippen LogP contribution in [0.4, 0.5) is 0 Å². The molecule has 1 atom stereocenters. The van der Waals surface area contributed by atoms with Gasteiger partial charge in [-0.25, -0.2) is 9.67 Å². The first-order valence-electron chi connectivity index (χ1n) is 13.5. The Morgan fingerprint density at radius 1 is 0.857 bits per heavy atom. The molecule has 8 heteroatoms. The molecule has 2 aromatic rings. The molecule has 1 aliphatic rings. The Labute approximate surface area is 221 Å². The molecule has 1 aliphatic heterocycles. The average Bonchev–Trinajstić information content (AvgIpc) is 3.34. The maximum absolute atomic E-state index is 11.8. The summed E-state index contributed by atoms with van der Waals surface area (Å²) in [4.78, 5) is 8.92. The third kappa shape index (κ3) is 9.66. The van der Waals surface area contributed by atoms with Crippen molar-refractivity contribution in [2.24, 2.45) is 0 Å². The van der Waals surface area contributed by atoms with Gasteiger partial charge < -0.3 is 10.0 Å². The van der Waals surface area contributed by atoms with Crippen LogP contribution in [0.1, 0.15) is 76.7 Å². The maximum atomic E-state index is 11.8. The SMILES string of the molecule is CCCCCCCCCCCCN1CCN(CC(O)(Cn2cncn2)c2ccc(Cl)cc2Cl)CC1. The number of rotatable bonds is 16. The average molecular weight is 525 g/mol. The van der Waals surface area contributed by atoms with Crippen molar-refractivity contribution in [3.8, 4) is 0 Å². The molecule has 0 saturated carbocycles. The van der Waals surface area contributed by atoms with Crippen molar-refractivity contribution in [1.82, 2.24) is 24.6 Å². The van der Waals surface area contributed by atoms with Crippen molar-refractivity contribution >= 4 is 23.2 Å². The van der Waals surface area contributed by atoms with E-state index in [2.05, 4.69) is 26.8 Å². The van der Waals surface area contributed by atoms with Gasteiger partial charge in [0.05, 0.1) is 6.54 Å². The van der Waals surface area contributed by atoms with Crippen LogP contribution in [0, 0.1) is 0 Å². The number of hydrogen-bond acceptors (Lipinski definition) is 5. The van der Waals surface area contributed by atoms with Crippen LogP contribution < -0.4 is 0 Å². The molecule has 0 bridgehead atoms. The van der Waals surface area contributed by atoms with E-state index >= 15 is 0 Å². The van der Waals surface area contributed by atoms with Crippen LogP contribution in [0.5, 0.6) is 0 Å². The second-order valence-corrected chi connectivity index (χ2v) is 10.9. The second kappa shape index (κ2) is 15.2. The summed E-state index contributed by atoms with van der Waals surface area (Å²) in [5.41, 5.74) is -0.513. The molecule has 6 nitrogen and oxygen atoms in total. The van der Waals surface area contributed by atoms with Crippen LogP contribution in [-0.4, -0.2) is 68.9 Å². The van der Waals surface area contributed by atoms with E-state index in [0.29, 0.717) is 22.2 Å². The molecule has 1 saturated heterocycles. The first-order valence-corrected chi connectivity index (χ1v) is 14.2. The van der Waals surface area contributed by atoms with E-state index in [1.165, 1.54) is 77.1 Å². The number of benzene rings is 1. The van der Waals surface area contributed by atoms with E-state index in [-0.39, 0.29) is 6.54 Å². The monoisotopic (exact) mass is 523 g/mol. The highest BCUT2D eigenvalue weighted by molar-refractivity contribution is 6.35. The number of piperazine rings is 1. The van der Waals surface area contributed by atoms with Crippen molar-refractivity contribution in [3.63, 3.8) is 0 Å². The molecule has 35 heavy (non-hydrogen) atoms. The standard InChI is InChI=1S/C27H43Cl2N5O/c1-2-3-4-5-6-7-8-9-10-11-14-32-15-17-33(18-16-32)20-27(35,21-34-23-30-22-31-34)25-13-12-24(28)19-26(25)29/h12-13,19,22-23,35H,2-11,14-18,20-21H2,1H3. The molecule has 1 aromatic carbocycles. The highest BCUT2D eigenvalue weighted by Gasteiger charge is 2.35. The number of nitrogens with zero attached hydrogens (tertiary/aromatic N) is 5. The summed E-state index contributed by atoms with van der Waals surface area (Å²) in [5.74, 6) is 0. The zero-order valence-corrected chi connectivity index (χ0v) is 22.9. The third-order valence-electron chi connectivity index (χ3n) is 7.10. The highest BCUT2D eigenvalue weighted by atomic mass is 35.5. The fourth-order valence-electron chi connectivity index (χ4n) is 5.03. The Bertz CT molecular complexity index is 842. The summed E-state index contributed by atoms with van der Waals surface area (Å²) >= 11 is 12.6. The number of aromatic nitrogens is 3. The van der Waals surface area contributed by atoms with Gasteiger partial charge in [-0.3, -0.25) is 4.90 Å². The third-order valence-corrected chi connectivity index (χ3v) is 7.65. The van der Waals surface area contributed by atoms with Crippen LogP contribution in [0.3, 0.4) is 0 Å². The van der Waals surface area contributed by atoms with Gasteiger partial charge in [0.15, 0.2) is 0 Å². The van der Waals surface area contributed by atoms with Gasteiger partial charge in [0.25, 0.3) is 0 Å². The molecular formula is C27H43Cl2N5O. The second-order valence-electron chi connectivity index (χ2n) is 10.0. The van der Waals surface area contributed by atoms with Crippen molar-refractivity contribution < 1.29 is 5.11 Å². The summed E-state index contributed by atoms with van der Waals surface area (Å²) in [6, 6.07) is 5.29. The molecule has 1 fully saturated rings. The fourth-order valence-corrected chi connectivity index (χ4v) is 5.62. The van der Waals surface area contributed by atoms with Crippen molar-refractivity contribution in [3.05, 3.63) is 46.5 Å². The number of β-amino-alcohol motifs (C(OH)–C–C–N with tert-alkyl or cyclic N) is 1. The quantitative estimate of drug-likeness (QED) is 0.273. The summed E-state index contributed by atoms with van der Waals surface area (Å²) in [5, 5.41) is 17.0. The zero-order valence-electron chi connectivity index (χ0n) is 21.3. The predicted molar refractivity (Wildman–Crippen MR) is 145 cm³/mol. The molecule has 3 rings (SSSR count). The van der Waals surface area contributed by atoms with Gasteiger partial charge in [0.2, 0.25) is 0 Å². The lowest BCUT2D eigenvalue weighted by molar-refractivity contribution is -0.0294. The van der Waals surface area contributed by atoms with Gasteiger partial charge in [-0.15, -0.1) is 0 Å².